The second-order valence-corrected chi connectivity index (χ2v) is 5.85. The van der Waals surface area contributed by atoms with Crippen molar-refractivity contribution < 1.29 is 9.13 Å². The normalized spacial score (nSPS) is 10.5. The largest absolute Gasteiger partial charge is 0.493 e. The van der Waals surface area contributed by atoms with Gasteiger partial charge in [-0.1, -0.05) is 28.9 Å². The molecule has 21 heavy (non-hydrogen) atoms. The van der Waals surface area contributed by atoms with Crippen molar-refractivity contribution in [3.05, 3.63) is 57.8 Å². The topological polar surface area (TPSA) is 21.3 Å². The second-order valence-electron chi connectivity index (χ2n) is 4.94. The highest BCUT2D eigenvalue weighted by Gasteiger charge is 2.07. The summed E-state index contributed by atoms with van der Waals surface area (Å²) in [5.41, 5.74) is 2.53. The van der Waals surface area contributed by atoms with E-state index in [-0.39, 0.29) is 5.82 Å². The SMILES string of the molecule is CCCOc1ccc(Br)cc1CNc1cc(C)ccc1F. The van der Waals surface area contributed by atoms with E-state index < -0.39 is 0 Å². The third-order valence-electron chi connectivity index (χ3n) is 3.08. The van der Waals surface area contributed by atoms with E-state index in [0.29, 0.717) is 18.8 Å². The highest BCUT2D eigenvalue weighted by atomic mass is 79.9. The first kappa shape index (κ1) is 15.8. The summed E-state index contributed by atoms with van der Waals surface area (Å²) in [4.78, 5) is 0. The van der Waals surface area contributed by atoms with Gasteiger partial charge in [-0.2, -0.15) is 0 Å². The monoisotopic (exact) mass is 351 g/mol. The van der Waals surface area contributed by atoms with Gasteiger partial charge in [-0.15, -0.1) is 0 Å². The molecule has 0 bridgehead atoms. The molecule has 0 amide bonds. The minimum absolute atomic E-state index is 0.244. The van der Waals surface area contributed by atoms with Gasteiger partial charge < -0.3 is 10.1 Å². The summed E-state index contributed by atoms with van der Waals surface area (Å²) in [5, 5.41) is 3.14. The molecule has 112 valence electrons. The second kappa shape index (κ2) is 7.46. The Balaban J connectivity index is 2.14. The molecular formula is C17H19BrFNO. The van der Waals surface area contributed by atoms with Crippen LogP contribution in [0.1, 0.15) is 24.5 Å². The Morgan fingerprint density at radius 2 is 2.00 bits per heavy atom. The Morgan fingerprint density at radius 3 is 2.76 bits per heavy atom. The van der Waals surface area contributed by atoms with Crippen molar-refractivity contribution in [2.75, 3.05) is 11.9 Å². The molecule has 1 N–H and O–H groups in total. The van der Waals surface area contributed by atoms with E-state index in [1.165, 1.54) is 6.07 Å². The van der Waals surface area contributed by atoms with Crippen LogP contribution in [-0.2, 0) is 6.54 Å². The van der Waals surface area contributed by atoms with Crippen LogP contribution >= 0.6 is 15.9 Å². The average molecular weight is 352 g/mol. The molecule has 0 heterocycles. The molecule has 0 saturated heterocycles. The third-order valence-corrected chi connectivity index (χ3v) is 3.57. The van der Waals surface area contributed by atoms with Gasteiger partial charge in [0.05, 0.1) is 12.3 Å². The van der Waals surface area contributed by atoms with Crippen LogP contribution in [0.4, 0.5) is 10.1 Å². The van der Waals surface area contributed by atoms with Gasteiger partial charge in [-0.3, -0.25) is 0 Å². The van der Waals surface area contributed by atoms with Gasteiger partial charge in [0.25, 0.3) is 0 Å². The van der Waals surface area contributed by atoms with Gasteiger partial charge in [0.1, 0.15) is 11.6 Å². The Labute approximate surface area is 133 Å². The molecular weight excluding hydrogens is 333 g/mol. The predicted molar refractivity (Wildman–Crippen MR) is 88.4 cm³/mol. The van der Waals surface area contributed by atoms with Crippen molar-refractivity contribution in [2.45, 2.75) is 26.8 Å². The molecule has 0 aliphatic carbocycles. The Hall–Kier alpha value is -1.55. The summed E-state index contributed by atoms with van der Waals surface area (Å²) in [6.45, 7) is 5.20. The highest BCUT2D eigenvalue weighted by molar-refractivity contribution is 9.10. The van der Waals surface area contributed by atoms with Crippen molar-refractivity contribution in [3.63, 3.8) is 0 Å². The number of anilines is 1. The Kier molecular flexibility index (Phi) is 5.62. The van der Waals surface area contributed by atoms with Gasteiger partial charge in [0.15, 0.2) is 0 Å². The molecule has 0 aliphatic heterocycles. The first-order valence-corrected chi connectivity index (χ1v) is 7.80. The number of nitrogens with one attached hydrogen (secondary N) is 1. The molecule has 0 spiro atoms. The van der Waals surface area contributed by atoms with Gasteiger partial charge in [0.2, 0.25) is 0 Å². The van der Waals surface area contributed by atoms with Crippen molar-refractivity contribution in [1.29, 1.82) is 0 Å². The maximum atomic E-state index is 13.8. The molecule has 0 aromatic heterocycles. The maximum Gasteiger partial charge on any atom is 0.146 e. The fourth-order valence-corrected chi connectivity index (χ4v) is 2.41. The Morgan fingerprint density at radius 1 is 1.19 bits per heavy atom. The van der Waals surface area contributed by atoms with Gasteiger partial charge in [0, 0.05) is 16.6 Å². The lowest BCUT2D eigenvalue weighted by atomic mass is 10.1. The van der Waals surface area contributed by atoms with Gasteiger partial charge in [-0.25, -0.2) is 4.39 Å². The van der Waals surface area contributed by atoms with Crippen LogP contribution in [0.5, 0.6) is 5.75 Å². The lowest BCUT2D eigenvalue weighted by Gasteiger charge is -2.13. The van der Waals surface area contributed by atoms with E-state index >= 15 is 0 Å². The molecule has 2 aromatic rings. The summed E-state index contributed by atoms with van der Waals surface area (Å²) in [6.07, 6.45) is 0.954. The lowest BCUT2D eigenvalue weighted by Crippen LogP contribution is -2.05. The lowest BCUT2D eigenvalue weighted by molar-refractivity contribution is 0.314. The van der Waals surface area contributed by atoms with E-state index in [4.69, 9.17) is 4.74 Å². The number of ether oxygens (including phenoxy) is 1. The molecule has 2 nitrogen and oxygen atoms in total. The van der Waals surface area contributed by atoms with Crippen molar-refractivity contribution >= 4 is 21.6 Å². The minimum Gasteiger partial charge on any atom is -0.493 e. The minimum atomic E-state index is -0.244. The molecule has 2 aromatic carbocycles. The molecule has 0 saturated carbocycles. The van der Waals surface area contributed by atoms with E-state index in [1.54, 1.807) is 12.1 Å². The van der Waals surface area contributed by atoms with Gasteiger partial charge in [-0.05, 0) is 49.2 Å². The summed E-state index contributed by atoms with van der Waals surface area (Å²) >= 11 is 3.46. The zero-order chi connectivity index (χ0) is 15.2. The third kappa shape index (κ3) is 4.46. The molecule has 0 unspecified atom stereocenters. The van der Waals surface area contributed by atoms with E-state index in [1.807, 2.05) is 25.1 Å². The van der Waals surface area contributed by atoms with E-state index in [2.05, 4.69) is 28.2 Å². The van der Waals surface area contributed by atoms with Crippen molar-refractivity contribution in [3.8, 4) is 5.75 Å². The van der Waals surface area contributed by atoms with Crippen molar-refractivity contribution in [1.82, 2.24) is 0 Å². The Bertz CT molecular complexity index is 616. The molecule has 0 aliphatic rings. The average Bonchev–Trinajstić information content (AvgIpc) is 2.47. The zero-order valence-corrected chi connectivity index (χ0v) is 13.8. The van der Waals surface area contributed by atoms with Crippen LogP contribution < -0.4 is 10.1 Å². The number of benzene rings is 2. The van der Waals surface area contributed by atoms with Crippen LogP contribution in [0.3, 0.4) is 0 Å². The quantitative estimate of drug-likeness (QED) is 0.762. The fraction of sp³-hybridized carbons (Fsp3) is 0.294. The molecule has 2 rings (SSSR count). The standard InChI is InChI=1S/C17H19BrFNO/c1-3-8-21-17-7-5-14(18)10-13(17)11-20-16-9-12(2)4-6-15(16)19/h4-7,9-10,20H,3,8,11H2,1-2H3. The number of hydrogen-bond acceptors (Lipinski definition) is 2. The number of hydrogen-bond donors (Lipinski definition) is 1. The van der Waals surface area contributed by atoms with Crippen LogP contribution in [0.2, 0.25) is 0 Å². The maximum absolute atomic E-state index is 13.8. The number of halogens is 2. The van der Waals surface area contributed by atoms with Crippen molar-refractivity contribution in [2.24, 2.45) is 0 Å². The molecule has 0 radical (unpaired) electrons. The zero-order valence-electron chi connectivity index (χ0n) is 12.2. The van der Waals surface area contributed by atoms with Crippen LogP contribution in [0.25, 0.3) is 0 Å². The number of aryl methyl sites for hydroxylation is 1. The first-order chi connectivity index (χ1) is 10.1. The van der Waals surface area contributed by atoms with E-state index in [0.717, 1.165) is 27.8 Å². The van der Waals surface area contributed by atoms with Gasteiger partial charge >= 0.3 is 0 Å². The summed E-state index contributed by atoms with van der Waals surface area (Å²) < 4.78 is 20.5. The summed E-state index contributed by atoms with van der Waals surface area (Å²) in [5.74, 6) is 0.590. The fourth-order valence-electron chi connectivity index (χ4n) is 2.00. The highest BCUT2D eigenvalue weighted by Crippen LogP contribution is 2.25. The summed E-state index contributed by atoms with van der Waals surface area (Å²) in [7, 11) is 0. The smallest absolute Gasteiger partial charge is 0.146 e. The molecule has 0 atom stereocenters. The van der Waals surface area contributed by atoms with Crippen LogP contribution in [-0.4, -0.2) is 6.61 Å². The van der Waals surface area contributed by atoms with Crippen LogP contribution in [0.15, 0.2) is 40.9 Å². The number of rotatable bonds is 6. The first-order valence-electron chi connectivity index (χ1n) is 7.01. The van der Waals surface area contributed by atoms with E-state index in [9.17, 15) is 4.39 Å². The van der Waals surface area contributed by atoms with Crippen LogP contribution in [0, 0.1) is 12.7 Å². The molecule has 4 heteroatoms. The predicted octanol–water partition coefficient (Wildman–Crippen LogP) is 5.30. The molecule has 0 fully saturated rings. The summed E-state index contributed by atoms with van der Waals surface area (Å²) in [6, 6.07) is 10.9.